The maximum atomic E-state index is 14.6. The summed E-state index contributed by atoms with van der Waals surface area (Å²) in [5.74, 6) is 0.366. The number of nitrogens with zero attached hydrogens (tertiary/aromatic N) is 1. The number of ether oxygens (including phenoxy) is 1. The van der Waals surface area contributed by atoms with Crippen LogP contribution < -0.4 is 10.1 Å². The van der Waals surface area contributed by atoms with Gasteiger partial charge in [-0.1, -0.05) is 12.1 Å². The van der Waals surface area contributed by atoms with E-state index in [0.717, 1.165) is 34.2 Å². The molecule has 194 valence electrons. The van der Waals surface area contributed by atoms with Crippen LogP contribution in [0.1, 0.15) is 34.6 Å². The predicted octanol–water partition coefficient (Wildman–Crippen LogP) is 4.59. The lowest BCUT2D eigenvalue weighted by molar-refractivity contribution is -0.139. The number of anilines is 1. The molecule has 7 nitrogen and oxygen atoms in total. The number of carboxylic acid groups (broad SMARTS) is 1. The van der Waals surface area contributed by atoms with E-state index in [9.17, 15) is 22.7 Å². The fourth-order valence-corrected chi connectivity index (χ4v) is 6.00. The molecule has 0 spiro atoms. The van der Waals surface area contributed by atoms with Crippen LogP contribution in [0.2, 0.25) is 0 Å². The molecule has 0 amide bonds. The van der Waals surface area contributed by atoms with Gasteiger partial charge in [-0.2, -0.15) is 0 Å². The van der Waals surface area contributed by atoms with E-state index < -0.39 is 15.8 Å². The number of rotatable bonds is 10. The van der Waals surface area contributed by atoms with Gasteiger partial charge in [-0.15, -0.1) is 0 Å². The normalized spacial score (nSPS) is 19.7. The lowest BCUT2D eigenvalue weighted by Crippen LogP contribution is -2.10. The summed E-state index contributed by atoms with van der Waals surface area (Å²) in [5, 5.41) is 12.4. The number of hydrogen-bond acceptors (Lipinski definition) is 6. The summed E-state index contributed by atoms with van der Waals surface area (Å²) >= 11 is 0. The second kappa shape index (κ2) is 9.78. The standard InChI is InChI=1S/C28H29FN2O5S/c1-16-10-25(30-8-3-9-37(2,34)35)31-14-23(16)17-4-7-24(29)19(11-17)15-36-20-5-6-21-18(12-20)13-22-26(21)27(22)28(32)33/h4-7,10-12,14,22,26-27H,3,8-9,13,15H2,1-2H3,(H,30,31)(H,32,33). The molecule has 3 aromatic rings. The number of aryl methyl sites for hydroxylation is 1. The maximum Gasteiger partial charge on any atom is 0.307 e. The topological polar surface area (TPSA) is 106 Å². The second-order valence-electron chi connectivity index (χ2n) is 10.0. The Labute approximate surface area is 215 Å². The molecule has 1 aromatic heterocycles. The van der Waals surface area contributed by atoms with Crippen molar-refractivity contribution in [1.29, 1.82) is 0 Å². The first kappa shape index (κ1) is 25.2. The highest BCUT2D eigenvalue weighted by Crippen LogP contribution is 2.61. The van der Waals surface area contributed by atoms with Crippen molar-refractivity contribution in [1.82, 2.24) is 4.98 Å². The number of halogens is 1. The van der Waals surface area contributed by atoms with Gasteiger partial charge in [0.05, 0.1) is 11.7 Å². The summed E-state index contributed by atoms with van der Waals surface area (Å²) in [5.41, 5.74) is 5.28. The number of benzene rings is 2. The maximum absolute atomic E-state index is 14.6. The SMILES string of the molecule is Cc1cc(NCCCS(C)(=O)=O)ncc1-c1ccc(F)c(COc2ccc3c(c2)CC2C(C(=O)O)C32)c1. The Morgan fingerprint density at radius 1 is 1.22 bits per heavy atom. The zero-order chi connectivity index (χ0) is 26.3. The van der Waals surface area contributed by atoms with Crippen LogP contribution in [0.3, 0.4) is 0 Å². The fourth-order valence-electron chi connectivity index (χ4n) is 5.34. The van der Waals surface area contributed by atoms with Gasteiger partial charge < -0.3 is 15.2 Å². The molecule has 2 aromatic carbocycles. The monoisotopic (exact) mass is 524 g/mol. The van der Waals surface area contributed by atoms with Crippen LogP contribution in [0, 0.1) is 24.6 Å². The van der Waals surface area contributed by atoms with Crippen LogP contribution in [-0.4, -0.2) is 43.0 Å². The summed E-state index contributed by atoms with van der Waals surface area (Å²) in [4.78, 5) is 15.7. The van der Waals surface area contributed by atoms with Crippen molar-refractivity contribution in [3.8, 4) is 16.9 Å². The molecular weight excluding hydrogens is 495 g/mol. The van der Waals surface area contributed by atoms with E-state index in [-0.39, 0.29) is 35.9 Å². The average molecular weight is 525 g/mol. The number of nitrogens with one attached hydrogen (secondary N) is 1. The Hall–Kier alpha value is -3.46. The molecule has 0 saturated heterocycles. The molecule has 1 saturated carbocycles. The number of pyridine rings is 1. The summed E-state index contributed by atoms with van der Waals surface area (Å²) in [6.07, 6.45) is 4.18. The van der Waals surface area contributed by atoms with Gasteiger partial charge in [0.25, 0.3) is 0 Å². The molecule has 1 heterocycles. The molecule has 1 fully saturated rings. The molecular formula is C28H29FN2O5S. The molecule has 3 unspecified atom stereocenters. The van der Waals surface area contributed by atoms with Gasteiger partial charge in [-0.05, 0) is 78.3 Å². The molecule has 2 aliphatic rings. The minimum atomic E-state index is -2.99. The van der Waals surface area contributed by atoms with Crippen molar-refractivity contribution >= 4 is 21.6 Å². The van der Waals surface area contributed by atoms with Gasteiger partial charge in [0.15, 0.2) is 0 Å². The first-order valence-corrected chi connectivity index (χ1v) is 14.3. The van der Waals surface area contributed by atoms with E-state index in [1.807, 2.05) is 31.2 Å². The largest absolute Gasteiger partial charge is 0.489 e. The van der Waals surface area contributed by atoms with E-state index in [0.29, 0.717) is 30.1 Å². The highest BCUT2D eigenvalue weighted by molar-refractivity contribution is 7.90. The zero-order valence-electron chi connectivity index (χ0n) is 20.7. The molecule has 0 bridgehead atoms. The second-order valence-corrected chi connectivity index (χ2v) is 12.3. The quantitative estimate of drug-likeness (QED) is 0.374. The minimum Gasteiger partial charge on any atom is -0.489 e. The van der Waals surface area contributed by atoms with Gasteiger partial charge in [0, 0.05) is 36.0 Å². The molecule has 2 aliphatic carbocycles. The van der Waals surface area contributed by atoms with Crippen molar-refractivity contribution in [2.75, 3.05) is 23.9 Å². The number of fused-ring (bicyclic) bond motifs is 3. The van der Waals surface area contributed by atoms with Gasteiger partial charge in [0.2, 0.25) is 0 Å². The van der Waals surface area contributed by atoms with Crippen LogP contribution in [0.5, 0.6) is 5.75 Å². The van der Waals surface area contributed by atoms with E-state index in [2.05, 4.69) is 10.3 Å². The van der Waals surface area contributed by atoms with Crippen LogP contribution >= 0.6 is 0 Å². The summed E-state index contributed by atoms with van der Waals surface area (Å²) in [7, 11) is -2.99. The van der Waals surface area contributed by atoms with E-state index >= 15 is 0 Å². The van der Waals surface area contributed by atoms with E-state index in [4.69, 9.17) is 4.74 Å². The number of carbonyl (C=O) groups is 1. The average Bonchev–Trinajstić information content (AvgIpc) is 3.43. The number of aliphatic carboxylic acids is 1. The third kappa shape index (κ3) is 5.46. The molecule has 0 aliphatic heterocycles. The lowest BCUT2D eigenvalue weighted by atomic mass is 10.0. The van der Waals surface area contributed by atoms with Gasteiger partial charge >= 0.3 is 5.97 Å². The third-order valence-corrected chi connectivity index (χ3v) is 8.27. The first-order valence-electron chi connectivity index (χ1n) is 12.3. The number of hydrogen-bond donors (Lipinski definition) is 2. The van der Waals surface area contributed by atoms with Crippen LogP contribution in [0.4, 0.5) is 10.2 Å². The molecule has 3 atom stereocenters. The Morgan fingerprint density at radius 3 is 2.76 bits per heavy atom. The van der Waals surface area contributed by atoms with Crippen LogP contribution in [0.25, 0.3) is 11.1 Å². The Balaban J connectivity index is 1.23. The Kier molecular flexibility index (Phi) is 6.66. The number of aromatic nitrogens is 1. The van der Waals surface area contributed by atoms with E-state index in [1.165, 1.54) is 12.3 Å². The third-order valence-electron chi connectivity index (χ3n) is 7.24. The van der Waals surface area contributed by atoms with Crippen LogP contribution in [0.15, 0.2) is 48.7 Å². The molecule has 9 heteroatoms. The number of sulfone groups is 1. The Morgan fingerprint density at radius 2 is 2.03 bits per heavy atom. The highest BCUT2D eigenvalue weighted by atomic mass is 32.2. The molecule has 2 N–H and O–H groups in total. The van der Waals surface area contributed by atoms with Gasteiger partial charge in [-0.25, -0.2) is 17.8 Å². The van der Waals surface area contributed by atoms with Crippen molar-refractivity contribution in [3.05, 3.63) is 76.7 Å². The van der Waals surface area contributed by atoms with Crippen LogP contribution in [-0.2, 0) is 27.7 Å². The van der Waals surface area contributed by atoms with Gasteiger partial charge in [0.1, 0.15) is 33.8 Å². The van der Waals surface area contributed by atoms with E-state index in [1.54, 1.807) is 18.3 Å². The number of carboxylic acids is 1. The van der Waals surface area contributed by atoms with Crippen molar-refractivity contribution in [2.24, 2.45) is 11.8 Å². The summed E-state index contributed by atoms with van der Waals surface area (Å²) in [6, 6.07) is 12.5. The zero-order valence-corrected chi connectivity index (χ0v) is 21.5. The molecule has 5 rings (SSSR count). The first-order chi connectivity index (χ1) is 17.6. The lowest BCUT2D eigenvalue weighted by Gasteiger charge is -2.13. The summed E-state index contributed by atoms with van der Waals surface area (Å²) < 4.78 is 43.1. The van der Waals surface area contributed by atoms with Crippen molar-refractivity contribution < 1.29 is 27.4 Å². The smallest absolute Gasteiger partial charge is 0.307 e. The van der Waals surface area contributed by atoms with Crippen molar-refractivity contribution in [3.63, 3.8) is 0 Å². The predicted molar refractivity (Wildman–Crippen MR) is 139 cm³/mol. The molecule has 0 radical (unpaired) electrons. The molecule has 37 heavy (non-hydrogen) atoms. The van der Waals surface area contributed by atoms with Gasteiger partial charge in [-0.3, -0.25) is 4.79 Å². The summed E-state index contributed by atoms with van der Waals surface area (Å²) in [6.45, 7) is 2.51. The fraction of sp³-hybridized carbons (Fsp3) is 0.357. The Bertz CT molecular complexity index is 1470. The van der Waals surface area contributed by atoms with Crippen molar-refractivity contribution in [2.45, 2.75) is 32.3 Å². The minimum absolute atomic E-state index is 0.0650. The highest BCUT2D eigenvalue weighted by Gasteiger charge is 2.59.